The Morgan fingerprint density at radius 2 is 1.48 bits per heavy atom. The molecule has 0 N–H and O–H groups in total. The van der Waals surface area contributed by atoms with Gasteiger partial charge < -0.3 is 14.5 Å². The maximum Gasteiger partial charge on any atom is 0.294 e. The molecule has 0 aromatic heterocycles. The fourth-order valence-electron chi connectivity index (χ4n) is 5.16. The van der Waals surface area contributed by atoms with Gasteiger partial charge in [-0.1, -0.05) is 72.3 Å². The normalized spacial score (nSPS) is 16.1. The van der Waals surface area contributed by atoms with Crippen LogP contribution in [-0.2, 0) is 11.3 Å². The summed E-state index contributed by atoms with van der Waals surface area (Å²) in [7, 11) is 0. The first-order valence-corrected chi connectivity index (χ1v) is 13.6. The number of para-hydroxylation sites is 3. The van der Waals surface area contributed by atoms with Gasteiger partial charge in [0.15, 0.2) is 11.5 Å². The van der Waals surface area contributed by atoms with Crippen LogP contribution in [0.25, 0.3) is 6.08 Å². The minimum atomic E-state index is -0.198. The Kier molecular flexibility index (Phi) is 7.06. The number of amides is 2. The zero-order valence-corrected chi connectivity index (χ0v) is 22.5. The van der Waals surface area contributed by atoms with Crippen molar-refractivity contribution < 1.29 is 14.3 Å². The number of nitrogens with zero attached hydrogens (tertiary/aromatic N) is 3. The Hall–Kier alpha value is -4.84. The number of ether oxygens (including phenoxy) is 1. The van der Waals surface area contributed by atoms with Gasteiger partial charge in [0.1, 0.15) is 0 Å². The number of carbonyl (C=O) groups excluding carboxylic acids is 2. The van der Waals surface area contributed by atoms with Crippen LogP contribution in [-0.4, -0.2) is 42.9 Å². The van der Waals surface area contributed by atoms with Crippen LogP contribution in [0, 0.1) is 6.92 Å². The Bertz CT molecular complexity index is 1540. The molecular weight excluding hydrogens is 498 g/mol. The standard InChI is InChI=1S/C34H31N3O3/c1-25-11-13-27(14-12-25)24-37-30-9-5-6-10-31(30)40-32(34(37)39)23-26-15-17-28(18-16-26)33(38)36-21-19-35(20-22-36)29-7-3-2-4-8-29/h2-18,23H,19-22,24H2,1H3/b32-23+. The number of piperazine rings is 1. The smallest absolute Gasteiger partial charge is 0.294 e. The van der Waals surface area contributed by atoms with E-state index in [4.69, 9.17) is 4.74 Å². The Morgan fingerprint density at radius 3 is 2.20 bits per heavy atom. The highest BCUT2D eigenvalue weighted by atomic mass is 16.5. The van der Waals surface area contributed by atoms with Gasteiger partial charge in [-0.3, -0.25) is 14.5 Å². The molecule has 200 valence electrons. The third-order valence-electron chi connectivity index (χ3n) is 7.44. The van der Waals surface area contributed by atoms with E-state index < -0.39 is 0 Å². The molecule has 6 heteroatoms. The van der Waals surface area contributed by atoms with E-state index in [0.29, 0.717) is 30.9 Å². The Labute approximate surface area is 234 Å². The van der Waals surface area contributed by atoms with E-state index in [2.05, 4.69) is 29.2 Å². The number of rotatable bonds is 5. The molecule has 0 atom stereocenters. The van der Waals surface area contributed by atoms with Crippen molar-refractivity contribution in [3.63, 3.8) is 0 Å². The van der Waals surface area contributed by atoms with Crippen LogP contribution >= 0.6 is 0 Å². The minimum absolute atomic E-state index is 0.0232. The highest BCUT2D eigenvalue weighted by Gasteiger charge is 2.30. The number of fused-ring (bicyclic) bond motifs is 1. The van der Waals surface area contributed by atoms with E-state index in [0.717, 1.165) is 29.9 Å². The van der Waals surface area contributed by atoms with Crippen molar-refractivity contribution >= 4 is 29.3 Å². The first kappa shape index (κ1) is 25.4. The number of anilines is 2. The predicted octanol–water partition coefficient (Wildman–Crippen LogP) is 5.92. The van der Waals surface area contributed by atoms with Crippen LogP contribution in [0.1, 0.15) is 27.0 Å². The molecule has 2 amide bonds. The van der Waals surface area contributed by atoms with Gasteiger partial charge in [0.25, 0.3) is 11.8 Å². The van der Waals surface area contributed by atoms with Crippen LogP contribution < -0.4 is 14.5 Å². The summed E-state index contributed by atoms with van der Waals surface area (Å²) in [5.41, 5.74) is 5.59. The monoisotopic (exact) mass is 529 g/mol. The Balaban J connectivity index is 1.16. The summed E-state index contributed by atoms with van der Waals surface area (Å²) in [5, 5.41) is 0. The molecule has 2 aliphatic heterocycles. The lowest BCUT2D eigenvalue weighted by atomic mass is 10.1. The second kappa shape index (κ2) is 11.1. The lowest BCUT2D eigenvalue weighted by molar-refractivity contribution is -0.117. The Morgan fingerprint density at radius 1 is 0.800 bits per heavy atom. The summed E-state index contributed by atoms with van der Waals surface area (Å²) in [6.07, 6.45) is 1.74. The first-order valence-electron chi connectivity index (χ1n) is 13.6. The zero-order valence-electron chi connectivity index (χ0n) is 22.5. The van der Waals surface area contributed by atoms with Crippen LogP contribution in [0.2, 0.25) is 0 Å². The summed E-state index contributed by atoms with van der Waals surface area (Å²) in [6, 6.07) is 33.4. The molecule has 0 radical (unpaired) electrons. The molecule has 6 nitrogen and oxygen atoms in total. The SMILES string of the molecule is Cc1ccc(CN2C(=O)/C(=C\c3ccc(C(=O)N4CCN(c5ccccc5)CC4)cc3)Oc3ccccc32)cc1. The molecule has 0 bridgehead atoms. The summed E-state index contributed by atoms with van der Waals surface area (Å²) in [6.45, 7) is 5.46. The summed E-state index contributed by atoms with van der Waals surface area (Å²) >= 11 is 0. The molecule has 2 aliphatic rings. The third-order valence-corrected chi connectivity index (χ3v) is 7.44. The maximum absolute atomic E-state index is 13.5. The number of aryl methyl sites for hydroxylation is 1. The van der Waals surface area contributed by atoms with Crippen LogP contribution in [0.4, 0.5) is 11.4 Å². The number of hydrogen-bond donors (Lipinski definition) is 0. The van der Waals surface area contributed by atoms with Gasteiger partial charge in [0.05, 0.1) is 12.2 Å². The van der Waals surface area contributed by atoms with Crippen molar-refractivity contribution in [2.45, 2.75) is 13.5 Å². The molecule has 0 unspecified atom stereocenters. The average Bonchev–Trinajstić information content (AvgIpc) is 3.01. The molecule has 0 spiro atoms. The topological polar surface area (TPSA) is 53.1 Å². The predicted molar refractivity (Wildman–Crippen MR) is 158 cm³/mol. The van der Waals surface area contributed by atoms with E-state index >= 15 is 0 Å². The van der Waals surface area contributed by atoms with Gasteiger partial charge in [-0.05, 0) is 60.5 Å². The molecule has 4 aromatic carbocycles. The fraction of sp³-hybridized carbons (Fsp3) is 0.176. The van der Waals surface area contributed by atoms with Crippen molar-refractivity contribution in [3.8, 4) is 5.75 Å². The summed E-state index contributed by atoms with van der Waals surface area (Å²) in [4.78, 5) is 32.7. The number of carbonyl (C=O) groups is 2. The van der Waals surface area contributed by atoms with E-state index in [1.807, 2.05) is 90.7 Å². The molecule has 0 aliphatic carbocycles. The van der Waals surface area contributed by atoms with Crippen LogP contribution in [0.3, 0.4) is 0 Å². The minimum Gasteiger partial charge on any atom is -0.449 e. The maximum atomic E-state index is 13.5. The van der Waals surface area contributed by atoms with Gasteiger partial charge in [-0.25, -0.2) is 0 Å². The van der Waals surface area contributed by atoms with Crippen molar-refractivity contribution in [2.24, 2.45) is 0 Å². The zero-order chi connectivity index (χ0) is 27.5. The quantitative estimate of drug-likeness (QED) is 0.301. The van der Waals surface area contributed by atoms with Crippen molar-refractivity contribution in [1.29, 1.82) is 0 Å². The van der Waals surface area contributed by atoms with Crippen molar-refractivity contribution in [3.05, 3.63) is 131 Å². The number of hydrogen-bond acceptors (Lipinski definition) is 4. The molecular formula is C34H31N3O3. The molecule has 1 saturated heterocycles. The summed E-state index contributed by atoms with van der Waals surface area (Å²) < 4.78 is 6.04. The van der Waals surface area contributed by atoms with Crippen LogP contribution in [0.15, 0.2) is 109 Å². The molecule has 2 heterocycles. The van der Waals surface area contributed by atoms with Crippen molar-refractivity contribution in [2.75, 3.05) is 36.0 Å². The largest absolute Gasteiger partial charge is 0.449 e. The number of benzene rings is 4. The highest BCUT2D eigenvalue weighted by molar-refractivity contribution is 6.09. The molecule has 1 fully saturated rings. The third kappa shape index (κ3) is 5.34. The van der Waals surface area contributed by atoms with E-state index in [1.54, 1.807) is 11.0 Å². The molecule has 6 rings (SSSR count). The van der Waals surface area contributed by atoms with Crippen LogP contribution in [0.5, 0.6) is 5.75 Å². The van der Waals surface area contributed by atoms with Gasteiger partial charge in [0, 0.05) is 37.4 Å². The van der Waals surface area contributed by atoms with Gasteiger partial charge in [-0.15, -0.1) is 0 Å². The molecule has 4 aromatic rings. The van der Waals surface area contributed by atoms with Crippen molar-refractivity contribution in [1.82, 2.24) is 4.90 Å². The van der Waals surface area contributed by atoms with Gasteiger partial charge in [0.2, 0.25) is 0 Å². The van der Waals surface area contributed by atoms with E-state index in [1.165, 1.54) is 11.3 Å². The summed E-state index contributed by atoms with van der Waals surface area (Å²) in [5.74, 6) is 0.717. The van der Waals surface area contributed by atoms with Gasteiger partial charge >= 0.3 is 0 Å². The second-order valence-electron chi connectivity index (χ2n) is 10.2. The highest BCUT2D eigenvalue weighted by Crippen LogP contribution is 2.36. The van der Waals surface area contributed by atoms with Gasteiger partial charge in [-0.2, -0.15) is 0 Å². The molecule has 40 heavy (non-hydrogen) atoms. The van der Waals surface area contributed by atoms with E-state index in [9.17, 15) is 9.59 Å². The average molecular weight is 530 g/mol. The lowest BCUT2D eigenvalue weighted by Crippen LogP contribution is -2.48. The second-order valence-corrected chi connectivity index (χ2v) is 10.2. The lowest BCUT2D eigenvalue weighted by Gasteiger charge is -2.36. The first-order chi connectivity index (χ1) is 19.5. The molecule has 0 saturated carbocycles. The fourth-order valence-corrected chi connectivity index (χ4v) is 5.16. The van der Waals surface area contributed by atoms with E-state index in [-0.39, 0.29) is 17.6 Å².